The third-order valence-electron chi connectivity index (χ3n) is 3.17. The van der Waals surface area contributed by atoms with E-state index >= 15 is 0 Å². The first-order valence-electron chi connectivity index (χ1n) is 5.82. The van der Waals surface area contributed by atoms with Crippen molar-refractivity contribution in [3.8, 4) is 0 Å². The number of rotatable bonds is 4. The van der Waals surface area contributed by atoms with Crippen LogP contribution in [0.15, 0.2) is 10.5 Å². The molecule has 1 aliphatic rings. The molecule has 1 aromatic rings. The Kier molecular flexibility index (Phi) is 4.22. The number of nitrogens with one attached hydrogen (secondary N) is 1. The number of hydrogen-bond donors (Lipinski definition) is 2. The van der Waals surface area contributed by atoms with E-state index in [1.165, 1.54) is 12.8 Å². The average molecular weight is 318 g/mol. The Morgan fingerprint density at radius 3 is 2.71 bits per heavy atom. The topological polar surface area (TPSA) is 49.3 Å². The number of hydrogen-bond acceptors (Lipinski definition) is 3. The molecule has 0 aliphatic heterocycles. The van der Waals surface area contributed by atoms with E-state index in [0.29, 0.717) is 6.04 Å². The first-order chi connectivity index (χ1) is 8.08. The smallest absolute Gasteiger partial charge is 0.326 e. The van der Waals surface area contributed by atoms with Gasteiger partial charge < -0.3 is 5.11 Å². The molecule has 1 heterocycles. The lowest BCUT2D eigenvalue weighted by Gasteiger charge is -2.18. The fourth-order valence-electron chi connectivity index (χ4n) is 2.23. The summed E-state index contributed by atoms with van der Waals surface area (Å²) in [5, 5.41) is 12.6. The van der Waals surface area contributed by atoms with Crippen molar-refractivity contribution in [2.75, 3.05) is 0 Å². The quantitative estimate of drug-likeness (QED) is 0.893. The van der Waals surface area contributed by atoms with E-state index < -0.39 is 12.0 Å². The lowest BCUT2D eigenvalue weighted by atomic mass is 10.2. The average Bonchev–Trinajstić information content (AvgIpc) is 2.86. The summed E-state index contributed by atoms with van der Waals surface area (Å²) in [5.74, 6) is -0.786. The van der Waals surface area contributed by atoms with E-state index in [0.717, 1.165) is 27.1 Å². The summed E-state index contributed by atoms with van der Waals surface area (Å²) < 4.78 is 0.997. The molecule has 1 unspecified atom stereocenters. The molecular formula is C12H16BrNO2S. The van der Waals surface area contributed by atoms with Crippen LogP contribution in [0.1, 0.15) is 41.5 Å². The number of carboxylic acids is 1. The summed E-state index contributed by atoms with van der Waals surface area (Å²) in [5.41, 5.74) is 0. The van der Waals surface area contributed by atoms with E-state index in [2.05, 4.69) is 21.2 Å². The summed E-state index contributed by atoms with van der Waals surface area (Å²) in [6.07, 6.45) is 4.60. The minimum Gasteiger partial charge on any atom is -0.480 e. The van der Waals surface area contributed by atoms with Gasteiger partial charge in [-0.1, -0.05) is 12.8 Å². The van der Waals surface area contributed by atoms with E-state index in [9.17, 15) is 9.90 Å². The van der Waals surface area contributed by atoms with Gasteiger partial charge in [-0.3, -0.25) is 10.1 Å². The van der Waals surface area contributed by atoms with Crippen LogP contribution in [0.2, 0.25) is 0 Å². The van der Waals surface area contributed by atoms with Crippen molar-refractivity contribution in [2.45, 2.75) is 44.7 Å². The summed E-state index contributed by atoms with van der Waals surface area (Å²) in [7, 11) is 0. The van der Waals surface area contributed by atoms with E-state index in [1.54, 1.807) is 11.3 Å². The van der Waals surface area contributed by atoms with E-state index in [-0.39, 0.29) is 0 Å². The van der Waals surface area contributed by atoms with Crippen LogP contribution >= 0.6 is 27.3 Å². The number of thiophene rings is 1. The van der Waals surface area contributed by atoms with Gasteiger partial charge >= 0.3 is 5.97 Å². The third kappa shape index (κ3) is 3.09. The maximum absolute atomic E-state index is 11.3. The van der Waals surface area contributed by atoms with Gasteiger partial charge in [-0.15, -0.1) is 11.3 Å². The minimum atomic E-state index is -0.786. The summed E-state index contributed by atoms with van der Waals surface area (Å²) in [6.45, 7) is 1.99. The molecule has 0 amide bonds. The normalized spacial score (nSPS) is 18.5. The highest BCUT2D eigenvalue weighted by Crippen LogP contribution is 2.32. The third-order valence-corrected chi connectivity index (χ3v) is 5.37. The zero-order chi connectivity index (χ0) is 12.4. The van der Waals surface area contributed by atoms with Crippen LogP contribution in [0.3, 0.4) is 0 Å². The monoisotopic (exact) mass is 317 g/mol. The molecule has 1 aliphatic carbocycles. The SMILES string of the molecule is Cc1sc(C(NC2CCCC2)C(=O)O)cc1Br. The molecule has 1 atom stereocenters. The number of aryl methyl sites for hydroxylation is 1. The maximum Gasteiger partial charge on any atom is 0.326 e. The second-order valence-corrected chi connectivity index (χ2v) is 6.61. The molecule has 2 N–H and O–H groups in total. The van der Waals surface area contributed by atoms with Crippen molar-refractivity contribution in [3.05, 3.63) is 20.3 Å². The molecule has 2 rings (SSSR count). The highest BCUT2D eigenvalue weighted by Gasteiger charge is 2.26. The minimum absolute atomic E-state index is 0.359. The lowest BCUT2D eigenvalue weighted by molar-refractivity contribution is -0.139. The second kappa shape index (κ2) is 5.50. The summed E-state index contributed by atoms with van der Waals surface area (Å²) in [4.78, 5) is 13.3. The Labute approximate surface area is 113 Å². The number of carboxylic acid groups (broad SMARTS) is 1. The molecular weight excluding hydrogens is 302 g/mol. The van der Waals surface area contributed by atoms with Crippen molar-refractivity contribution in [1.29, 1.82) is 0 Å². The molecule has 0 spiro atoms. The van der Waals surface area contributed by atoms with Crippen molar-refractivity contribution < 1.29 is 9.90 Å². The molecule has 3 nitrogen and oxygen atoms in total. The predicted molar refractivity (Wildman–Crippen MR) is 72.5 cm³/mol. The number of carbonyl (C=O) groups is 1. The Morgan fingerprint density at radius 2 is 2.24 bits per heavy atom. The van der Waals surface area contributed by atoms with Crippen LogP contribution in [0.25, 0.3) is 0 Å². The van der Waals surface area contributed by atoms with Gasteiger partial charge in [-0.25, -0.2) is 0 Å². The van der Waals surface area contributed by atoms with Crippen molar-refractivity contribution in [1.82, 2.24) is 5.32 Å². The second-order valence-electron chi connectivity index (χ2n) is 4.47. The predicted octanol–water partition coefficient (Wildman–Crippen LogP) is 3.48. The van der Waals surface area contributed by atoms with E-state index in [1.807, 2.05) is 13.0 Å². The Balaban J connectivity index is 2.13. The van der Waals surface area contributed by atoms with Gasteiger partial charge in [0.25, 0.3) is 0 Å². The highest BCUT2D eigenvalue weighted by molar-refractivity contribution is 9.10. The van der Waals surface area contributed by atoms with Crippen LogP contribution in [0.4, 0.5) is 0 Å². The molecule has 0 radical (unpaired) electrons. The molecule has 17 heavy (non-hydrogen) atoms. The molecule has 94 valence electrons. The first kappa shape index (κ1) is 13.1. The molecule has 1 fully saturated rings. The lowest BCUT2D eigenvalue weighted by Crippen LogP contribution is -2.34. The molecule has 5 heteroatoms. The van der Waals surface area contributed by atoms with Crippen LogP contribution in [-0.2, 0) is 4.79 Å². The van der Waals surface area contributed by atoms with Gasteiger partial charge in [-0.05, 0) is 41.8 Å². The zero-order valence-electron chi connectivity index (χ0n) is 9.70. The van der Waals surface area contributed by atoms with Crippen molar-refractivity contribution >= 4 is 33.2 Å². The van der Waals surface area contributed by atoms with E-state index in [4.69, 9.17) is 0 Å². The fraction of sp³-hybridized carbons (Fsp3) is 0.583. The van der Waals surface area contributed by atoms with Crippen LogP contribution < -0.4 is 5.32 Å². The molecule has 1 aromatic heterocycles. The van der Waals surface area contributed by atoms with Gasteiger partial charge in [0.2, 0.25) is 0 Å². The van der Waals surface area contributed by atoms with Gasteiger partial charge in [-0.2, -0.15) is 0 Å². The van der Waals surface area contributed by atoms with Gasteiger partial charge in [0.1, 0.15) is 6.04 Å². The highest BCUT2D eigenvalue weighted by atomic mass is 79.9. The van der Waals surface area contributed by atoms with Gasteiger partial charge in [0.05, 0.1) is 0 Å². The first-order valence-corrected chi connectivity index (χ1v) is 7.43. The fourth-order valence-corrected chi connectivity index (χ4v) is 3.84. The molecule has 0 saturated heterocycles. The van der Waals surface area contributed by atoms with Gasteiger partial charge in [0.15, 0.2) is 0 Å². The van der Waals surface area contributed by atoms with Crippen LogP contribution in [-0.4, -0.2) is 17.1 Å². The van der Waals surface area contributed by atoms with Crippen molar-refractivity contribution in [2.24, 2.45) is 0 Å². The Hall–Kier alpha value is -0.390. The van der Waals surface area contributed by atoms with Crippen LogP contribution in [0.5, 0.6) is 0 Å². The maximum atomic E-state index is 11.3. The molecule has 0 aromatic carbocycles. The Bertz CT molecular complexity index is 393. The van der Waals surface area contributed by atoms with Crippen molar-refractivity contribution in [3.63, 3.8) is 0 Å². The Morgan fingerprint density at radius 1 is 1.59 bits per heavy atom. The molecule has 0 bridgehead atoms. The summed E-state index contributed by atoms with van der Waals surface area (Å²) in [6, 6.07) is 1.71. The number of aliphatic carboxylic acids is 1. The molecule has 1 saturated carbocycles. The van der Waals surface area contributed by atoms with Crippen LogP contribution in [0, 0.1) is 6.92 Å². The summed E-state index contributed by atoms with van der Waals surface area (Å²) >= 11 is 4.98. The number of halogens is 1. The van der Waals surface area contributed by atoms with Gasteiger partial charge in [0, 0.05) is 20.3 Å². The standard InChI is InChI=1S/C12H16BrNO2S/c1-7-9(13)6-10(17-7)11(12(15)16)14-8-4-2-3-5-8/h6,8,11,14H,2-5H2,1H3,(H,15,16). The largest absolute Gasteiger partial charge is 0.480 e. The zero-order valence-corrected chi connectivity index (χ0v) is 12.1.